The zero-order valence-corrected chi connectivity index (χ0v) is 15.9. The molecule has 2 fully saturated rings. The van der Waals surface area contributed by atoms with Gasteiger partial charge in [-0.15, -0.1) is 0 Å². The van der Waals surface area contributed by atoms with Crippen molar-refractivity contribution >= 4 is 28.5 Å². The highest BCUT2D eigenvalue weighted by atomic mass is 16.2. The average Bonchev–Trinajstić information content (AvgIpc) is 3.28. The smallest absolute Gasteiger partial charge is 0.329 e. The molecule has 1 spiro atoms. The summed E-state index contributed by atoms with van der Waals surface area (Å²) in [6.45, 7) is 1.21. The molecule has 0 bridgehead atoms. The Morgan fingerprint density at radius 2 is 1.71 bits per heavy atom. The number of benzene rings is 2. The number of imide groups is 1. The predicted molar refractivity (Wildman–Crippen MR) is 108 cm³/mol. The van der Waals surface area contributed by atoms with Gasteiger partial charge in [0.15, 0.2) is 0 Å². The Morgan fingerprint density at radius 1 is 1.00 bits per heavy atom. The summed E-state index contributed by atoms with van der Waals surface area (Å²) in [7, 11) is 4.01. The van der Waals surface area contributed by atoms with Crippen LogP contribution >= 0.6 is 0 Å². The molecule has 2 aliphatic heterocycles. The zero-order valence-electron chi connectivity index (χ0n) is 15.9. The number of fused-ring (bicyclic) bond motifs is 1. The van der Waals surface area contributed by atoms with Crippen molar-refractivity contribution in [1.82, 2.24) is 14.8 Å². The molecule has 2 atom stereocenters. The van der Waals surface area contributed by atoms with Gasteiger partial charge in [-0.3, -0.25) is 4.79 Å². The number of likely N-dealkylation sites (tertiary alicyclic amines) is 1. The SMILES string of the molecule is CN1C[C@@H](c2cn(C)c3ccccc23)[C@]2(C1)NC(=O)N(c1ccccc1)C2=O. The average molecular weight is 374 g/mol. The Bertz CT molecular complexity index is 1090. The van der Waals surface area contributed by atoms with Crippen molar-refractivity contribution in [3.8, 4) is 0 Å². The van der Waals surface area contributed by atoms with Crippen molar-refractivity contribution < 1.29 is 9.59 Å². The molecule has 28 heavy (non-hydrogen) atoms. The van der Waals surface area contributed by atoms with Crippen molar-refractivity contribution in [2.24, 2.45) is 7.05 Å². The van der Waals surface area contributed by atoms with Gasteiger partial charge in [0.05, 0.1) is 5.69 Å². The number of para-hydroxylation sites is 2. The Kier molecular flexibility index (Phi) is 3.61. The molecule has 6 heteroatoms. The van der Waals surface area contributed by atoms with Crippen molar-refractivity contribution in [3.63, 3.8) is 0 Å². The molecule has 3 amide bonds. The highest BCUT2D eigenvalue weighted by Crippen LogP contribution is 2.43. The fraction of sp³-hybridized carbons (Fsp3) is 0.273. The third-order valence-electron chi connectivity index (χ3n) is 6.04. The summed E-state index contributed by atoms with van der Waals surface area (Å²) in [4.78, 5) is 29.9. The number of carbonyl (C=O) groups is 2. The summed E-state index contributed by atoms with van der Waals surface area (Å²) in [6.07, 6.45) is 2.10. The summed E-state index contributed by atoms with van der Waals surface area (Å²) in [5.41, 5.74) is 1.88. The molecular weight excluding hydrogens is 352 g/mol. The van der Waals surface area contributed by atoms with E-state index in [0.717, 1.165) is 16.5 Å². The Morgan fingerprint density at radius 3 is 2.50 bits per heavy atom. The number of amides is 3. The third kappa shape index (κ3) is 2.24. The van der Waals surface area contributed by atoms with Crippen LogP contribution < -0.4 is 10.2 Å². The maximum absolute atomic E-state index is 13.6. The second-order valence-corrected chi connectivity index (χ2v) is 7.84. The molecule has 2 aliphatic rings. The molecule has 6 nitrogen and oxygen atoms in total. The number of hydrogen-bond donors (Lipinski definition) is 1. The Hall–Kier alpha value is -3.12. The fourth-order valence-electron chi connectivity index (χ4n) is 4.83. The van der Waals surface area contributed by atoms with Crippen molar-refractivity contribution in [1.29, 1.82) is 0 Å². The van der Waals surface area contributed by atoms with Gasteiger partial charge in [0, 0.05) is 43.2 Å². The maximum Gasteiger partial charge on any atom is 0.329 e. The van der Waals surface area contributed by atoms with Gasteiger partial charge in [-0.05, 0) is 30.8 Å². The molecular formula is C22H22N4O2. The number of aryl methyl sites for hydroxylation is 1. The zero-order chi connectivity index (χ0) is 19.5. The van der Waals surface area contributed by atoms with Crippen molar-refractivity contribution in [2.75, 3.05) is 25.0 Å². The second-order valence-electron chi connectivity index (χ2n) is 7.84. The van der Waals surface area contributed by atoms with Gasteiger partial charge in [0.25, 0.3) is 5.91 Å². The van der Waals surface area contributed by atoms with Gasteiger partial charge in [0.2, 0.25) is 0 Å². The van der Waals surface area contributed by atoms with E-state index in [1.165, 1.54) is 4.90 Å². The number of urea groups is 1. The van der Waals surface area contributed by atoms with Gasteiger partial charge < -0.3 is 14.8 Å². The molecule has 3 heterocycles. The number of anilines is 1. The topological polar surface area (TPSA) is 57.6 Å². The van der Waals surface area contributed by atoms with Crippen LogP contribution in [0.2, 0.25) is 0 Å². The highest BCUT2D eigenvalue weighted by Gasteiger charge is 2.60. The standard InChI is InChI=1S/C22H22N4O2/c1-24-13-18(17-12-25(2)19-11-7-6-10-16(17)19)22(14-24)20(27)26(21(28)23-22)15-8-4-3-5-9-15/h3-12,18H,13-14H2,1-2H3,(H,23,28)/t18-,22-/m0/s1. The number of carbonyl (C=O) groups excluding carboxylic acids is 2. The first-order valence-corrected chi connectivity index (χ1v) is 9.45. The second kappa shape index (κ2) is 5.94. The minimum absolute atomic E-state index is 0.117. The minimum Gasteiger partial charge on any atom is -0.350 e. The number of rotatable bonds is 2. The number of hydrogen-bond acceptors (Lipinski definition) is 3. The fourth-order valence-corrected chi connectivity index (χ4v) is 4.83. The van der Waals surface area contributed by atoms with Crippen LogP contribution in [0.15, 0.2) is 60.8 Å². The van der Waals surface area contributed by atoms with E-state index in [4.69, 9.17) is 0 Å². The molecule has 2 saturated heterocycles. The van der Waals surface area contributed by atoms with E-state index in [1.54, 1.807) is 12.1 Å². The van der Waals surface area contributed by atoms with Gasteiger partial charge in [-0.25, -0.2) is 9.69 Å². The largest absolute Gasteiger partial charge is 0.350 e. The van der Waals surface area contributed by atoms with Crippen LogP contribution in [0.25, 0.3) is 10.9 Å². The number of likely N-dealkylation sites (N-methyl/N-ethyl adjacent to an activating group) is 1. The Labute approximate surface area is 163 Å². The lowest BCUT2D eigenvalue weighted by Crippen LogP contribution is -2.52. The molecule has 142 valence electrons. The van der Waals surface area contributed by atoms with Gasteiger partial charge in [0.1, 0.15) is 5.54 Å². The molecule has 3 aromatic rings. The first-order valence-electron chi connectivity index (χ1n) is 9.45. The molecule has 2 aromatic carbocycles. The summed E-state index contributed by atoms with van der Waals surface area (Å²) >= 11 is 0. The molecule has 1 aromatic heterocycles. The maximum atomic E-state index is 13.6. The van der Waals surface area contributed by atoms with E-state index in [1.807, 2.05) is 44.4 Å². The van der Waals surface area contributed by atoms with Crippen LogP contribution in [0.1, 0.15) is 11.5 Å². The van der Waals surface area contributed by atoms with Crippen molar-refractivity contribution in [2.45, 2.75) is 11.5 Å². The number of aromatic nitrogens is 1. The van der Waals surface area contributed by atoms with Crippen LogP contribution in [0, 0.1) is 0 Å². The summed E-state index contributed by atoms with van der Waals surface area (Å²) < 4.78 is 2.09. The molecule has 1 N–H and O–H groups in total. The van der Waals surface area contributed by atoms with Crippen molar-refractivity contribution in [3.05, 3.63) is 66.4 Å². The van der Waals surface area contributed by atoms with Crippen LogP contribution in [-0.4, -0.2) is 47.1 Å². The quantitative estimate of drug-likeness (QED) is 0.702. The van der Waals surface area contributed by atoms with Gasteiger partial charge in [-0.1, -0.05) is 36.4 Å². The van der Waals surface area contributed by atoms with E-state index in [9.17, 15) is 9.59 Å². The number of nitrogens with one attached hydrogen (secondary N) is 1. The highest BCUT2D eigenvalue weighted by molar-refractivity contribution is 6.24. The predicted octanol–water partition coefficient (Wildman–Crippen LogP) is 2.70. The van der Waals surface area contributed by atoms with Crippen LogP contribution in [0.5, 0.6) is 0 Å². The third-order valence-corrected chi connectivity index (χ3v) is 6.04. The van der Waals surface area contributed by atoms with Crippen LogP contribution in [0.3, 0.4) is 0 Å². The van der Waals surface area contributed by atoms with E-state index < -0.39 is 5.54 Å². The summed E-state index contributed by atoms with van der Waals surface area (Å²) in [6, 6.07) is 17.0. The normalized spacial score (nSPS) is 25.2. The first kappa shape index (κ1) is 17.0. The van der Waals surface area contributed by atoms with Crippen LogP contribution in [0.4, 0.5) is 10.5 Å². The van der Waals surface area contributed by atoms with Crippen LogP contribution in [-0.2, 0) is 11.8 Å². The lowest BCUT2D eigenvalue weighted by Gasteiger charge is -2.27. The van der Waals surface area contributed by atoms with E-state index in [-0.39, 0.29) is 17.9 Å². The van der Waals surface area contributed by atoms with Gasteiger partial charge in [-0.2, -0.15) is 0 Å². The van der Waals surface area contributed by atoms with E-state index in [0.29, 0.717) is 18.8 Å². The van der Waals surface area contributed by atoms with Gasteiger partial charge >= 0.3 is 6.03 Å². The van der Waals surface area contributed by atoms with E-state index in [2.05, 4.69) is 33.1 Å². The summed E-state index contributed by atoms with van der Waals surface area (Å²) in [5, 5.41) is 4.20. The molecule has 0 unspecified atom stereocenters. The molecule has 0 radical (unpaired) electrons. The molecule has 5 rings (SSSR count). The molecule has 0 aliphatic carbocycles. The minimum atomic E-state index is -0.953. The Balaban J connectivity index is 1.64. The lowest BCUT2D eigenvalue weighted by atomic mass is 9.81. The summed E-state index contributed by atoms with van der Waals surface area (Å²) in [5.74, 6) is -0.292. The first-order chi connectivity index (χ1) is 13.5. The molecule has 0 saturated carbocycles. The monoisotopic (exact) mass is 374 g/mol. The number of nitrogens with zero attached hydrogens (tertiary/aromatic N) is 3. The van der Waals surface area contributed by atoms with E-state index >= 15 is 0 Å². The lowest BCUT2D eigenvalue weighted by molar-refractivity contribution is -0.122.